The van der Waals surface area contributed by atoms with Crippen molar-refractivity contribution in [3.8, 4) is 11.3 Å². The van der Waals surface area contributed by atoms with E-state index in [-0.39, 0.29) is 5.91 Å². The molecular weight excluding hydrogens is 474 g/mol. The van der Waals surface area contributed by atoms with Gasteiger partial charge >= 0.3 is 0 Å². The Morgan fingerprint density at radius 3 is 2.76 bits per heavy atom. The van der Waals surface area contributed by atoms with Crippen molar-refractivity contribution in [2.24, 2.45) is 4.99 Å². The molecule has 4 rings (SSSR count). The summed E-state index contributed by atoms with van der Waals surface area (Å²) in [5.74, 6) is 1.24. The van der Waals surface area contributed by atoms with E-state index in [9.17, 15) is 4.79 Å². The monoisotopic (exact) mass is 487 g/mol. The standard InChI is InChI=1S/C21H15BrClN3O2S/c1-2-26-20(27)19(29-21(26)25-17-9-10-24-12-16(17)23)11-15-7-8-18(28-15)13-3-5-14(22)6-4-13/h3-12H,2H2,1H3/b19-11+,25-21?. The molecule has 0 aliphatic carbocycles. The second kappa shape index (κ2) is 8.57. The molecule has 29 heavy (non-hydrogen) atoms. The number of hydrogen-bond acceptors (Lipinski definition) is 5. The first kappa shape index (κ1) is 19.9. The third-order valence-corrected chi connectivity index (χ3v) is 6.03. The Morgan fingerprint density at radius 2 is 2.03 bits per heavy atom. The van der Waals surface area contributed by atoms with Gasteiger partial charge in [0.25, 0.3) is 5.91 Å². The van der Waals surface area contributed by atoms with Gasteiger partial charge in [0.05, 0.1) is 15.6 Å². The maximum absolute atomic E-state index is 12.8. The number of carbonyl (C=O) groups is 1. The summed E-state index contributed by atoms with van der Waals surface area (Å²) >= 11 is 10.9. The van der Waals surface area contributed by atoms with Crippen LogP contribution in [0.4, 0.5) is 5.69 Å². The minimum absolute atomic E-state index is 0.108. The van der Waals surface area contributed by atoms with Crippen LogP contribution in [0.15, 0.2) is 73.6 Å². The Kier molecular flexibility index (Phi) is 5.89. The van der Waals surface area contributed by atoms with Gasteiger partial charge in [0, 0.05) is 35.1 Å². The molecule has 0 radical (unpaired) electrons. The lowest BCUT2D eigenvalue weighted by molar-refractivity contribution is -0.122. The molecule has 0 unspecified atom stereocenters. The van der Waals surface area contributed by atoms with Crippen molar-refractivity contribution >= 4 is 62.1 Å². The van der Waals surface area contributed by atoms with Gasteiger partial charge in [0.2, 0.25) is 0 Å². The van der Waals surface area contributed by atoms with Crippen LogP contribution in [-0.4, -0.2) is 27.5 Å². The highest BCUT2D eigenvalue weighted by molar-refractivity contribution is 9.10. The first-order valence-corrected chi connectivity index (χ1v) is 10.8. The molecular formula is C21H15BrClN3O2S. The topological polar surface area (TPSA) is 58.7 Å². The number of carbonyl (C=O) groups excluding carboxylic acids is 1. The normalized spacial score (nSPS) is 16.9. The maximum Gasteiger partial charge on any atom is 0.266 e. The number of aliphatic imine (C=N–C) groups is 1. The highest BCUT2D eigenvalue weighted by atomic mass is 79.9. The predicted octanol–water partition coefficient (Wildman–Crippen LogP) is 6.38. The fraction of sp³-hybridized carbons (Fsp3) is 0.0952. The molecule has 1 aliphatic rings. The van der Waals surface area contributed by atoms with Crippen LogP contribution >= 0.6 is 39.3 Å². The summed E-state index contributed by atoms with van der Waals surface area (Å²) in [6.45, 7) is 2.41. The van der Waals surface area contributed by atoms with Crippen LogP contribution in [0.1, 0.15) is 12.7 Å². The fourth-order valence-corrected chi connectivity index (χ4v) is 4.22. The van der Waals surface area contributed by atoms with E-state index in [0.717, 1.165) is 15.8 Å². The molecule has 0 spiro atoms. The first-order chi connectivity index (χ1) is 14.0. The molecule has 1 saturated heterocycles. The lowest BCUT2D eigenvalue weighted by atomic mass is 10.2. The van der Waals surface area contributed by atoms with E-state index in [2.05, 4.69) is 25.9 Å². The maximum atomic E-state index is 12.8. The Balaban J connectivity index is 1.62. The number of amides is 1. The molecule has 1 aliphatic heterocycles. The molecule has 146 valence electrons. The van der Waals surface area contributed by atoms with Gasteiger partial charge in [-0.1, -0.05) is 39.7 Å². The summed E-state index contributed by atoms with van der Waals surface area (Å²) in [5.41, 5.74) is 1.54. The number of rotatable bonds is 4. The number of hydrogen-bond donors (Lipinski definition) is 0. The number of thioether (sulfide) groups is 1. The summed E-state index contributed by atoms with van der Waals surface area (Å²) in [6.07, 6.45) is 4.89. The molecule has 8 heteroatoms. The number of nitrogens with zero attached hydrogens (tertiary/aromatic N) is 3. The average molecular weight is 489 g/mol. The van der Waals surface area contributed by atoms with Crippen molar-refractivity contribution in [1.29, 1.82) is 0 Å². The molecule has 1 amide bonds. The van der Waals surface area contributed by atoms with Gasteiger partial charge in [0.1, 0.15) is 11.5 Å². The second-order valence-corrected chi connectivity index (χ2v) is 8.42. The lowest BCUT2D eigenvalue weighted by Crippen LogP contribution is -2.28. The lowest BCUT2D eigenvalue weighted by Gasteiger charge is -2.12. The predicted molar refractivity (Wildman–Crippen MR) is 121 cm³/mol. The largest absolute Gasteiger partial charge is 0.457 e. The number of halogens is 2. The van der Waals surface area contributed by atoms with Crippen molar-refractivity contribution in [3.05, 3.63) is 75.0 Å². The summed E-state index contributed by atoms with van der Waals surface area (Å²) in [4.78, 5) is 23.5. The summed E-state index contributed by atoms with van der Waals surface area (Å²) in [7, 11) is 0. The molecule has 0 N–H and O–H groups in total. The third kappa shape index (κ3) is 4.32. The van der Waals surface area contributed by atoms with Crippen molar-refractivity contribution in [1.82, 2.24) is 9.88 Å². The molecule has 2 aromatic heterocycles. The average Bonchev–Trinajstić information content (AvgIpc) is 3.29. The van der Waals surface area contributed by atoms with E-state index in [1.54, 1.807) is 23.2 Å². The van der Waals surface area contributed by atoms with Crippen LogP contribution in [-0.2, 0) is 4.79 Å². The number of likely N-dealkylation sites (N-methyl/N-ethyl adjacent to an activating group) is 1. The zero-order valence-corrected chi connectivity index (χ0v) is 18.5. The molecule has 1 aromatic carbocycles. The van der Waals surface area contributed by atoms with E-state index >= 15 is 0 Å². The molecule has 0 bridgehead atoms. The Hall–Kier alpha value is -2.35. The first-order valence-electron chi connectivity index (χ1n) is 8.80. The van der Waals surface area contributed by atoms with E-state index in [1.807, 2.05) is 43.3 Å². The smallest absolute Gasteiger partial charge is 0.266 e. The van der Waals surface area contributed by atoms with Crippen LogP contribution in [0.2, 0.25) is 5.02 Å². The fourth-order valence-electron chi connectivity index (χ4n) is 2.76. The quantitative estimate of drug-likeness (QED) is 0.400. The van der Waals surface area contributed by atoms with Gasteiger partial charge < -0.3 is 4.42 Å². The number of benzene rings is 1. The van der Waals surface area contributed by atoms with Gasteiger partial charge in [-0.25, -0.2) is 4.99 Å². The molecule has 5 nitrogen and oxygen atoms in total. The van der Waals surface area contributed by atoms with Crippen LogP contribution in [0, 0.1) is 0 Å². The van der Waals surface area contributed by atoms with Crippen LogP contribution < -0.4 is 0 Å². The molecule has 0 atom stereocenters. The van der Waals surface area contributed by atoms with Gasteiger partial charge in [-0.05, 0) is 49.0 Å². The Morgan fingerprint density at radius 1 is 1.24 bits per heavy atom. The highest BCUT2D eigenvalue weighted by Gasteiger charge is 2.32. The van der Waals surface area contributed by atoms with Gasteiger partial charge in [-0.15, -0.1) is 0 Å². The van der Waals surface area contributed by atoms with Gasteiger partial charge in [0.15, 0.2) is 5.17 Å². The molecule has 3 heterocycles. The minimum atomic E-state index is -0.108. The van der Waals surface area contributed by atoms with Crippen molar-refractivity contribution < 1.29 is 9.21 Å². The summed E-state index contributed by atoms with van der Waals surface area (Å²) in [5, 5.41) is 1.02. The second-order valence-electron chi connectivity index (χ2n) is 6.09. The van der Waals surface area contributed by atoms with E-state index in [1.165, 1.54) is 18.0 Å². The molecule has 1 fully saturated rings. The minimum Gasteiger partial charge on any atom is -0.457 e. The number of pyridine rings is 1. The zero-order valence-electron chi connectivity index (χ0n) is 15.3. The van der Waals surface area contributed by atoms with E-state index < -0.39 is 0 Å². The van der Waals surface area contributed by atoms with Gasteiger partial charge in [-0.2, -0.15) is 0 Å². The van der Waals surface area contributed by atoms with Gasteiger partial charge in [-0.3, -0.25) is 14.7 Å². The number of furan rings is 1. The van der Waals surface area contributed by atoms with E-state index in [0.29, 0.717) is 33.1 Å². The zero-order chi connectivity index (χ0) is 20.4. The van der Waals surface area contributed by atoms with Crippen LogP contribution in [0.3, 0.4) is 0 Å². The summed E-state index contributed by atoms with van der Waals surface area (Å²) < 4.78 is 6.92. The van der Waals surface area contributed by atoms with Crippen LogP contribution in [0.5, 0.6) is 0 Å². The van der Waals surface area contributed by atoms with Crippen molar-refractivity contribution in [2.75, 3.05) is 6.54 Å². The SMILES string of the molecule is CCN1C(=O)/C(=C\c2ccc(-c3ccc(Br)cc3)o2)SC1=Nc1ccncc1Cl. The molecule has 3 aromatic rings. The van der Waals surface area contributed by atoms with E-state index in [4.69, 9.17) is 16.0 Å². The highest BCUT2D eigenvalue weighted by Crippen LogP contribution is 2.36. The summed E-state index contributed by atoms with van der Waals surface area (Å²) in [6, 6.07) is 13.3. The third-order valence-electron chi connectivity index (χ3n) is 4.20. The van der Waals surface area contributed by atoms with Crippen molar-refractivity contribution in [3.63, 3.8) is 0 Å². The molecule has 0 saturated carbocycles. The van der Waals surface area contributed by atoms with Crippen molar-refractivity contribution in [2.45, 2.75) is 6.92 Å². The Bertz CT molecular complexity index is 1120. The number of amidine groups is 1. The Labute approximate surface area is 185 Å². The number of aromatic nitrogens is 1. The van der Waals surface area contributed by atoms with Crippen LogP contribution in [0.25, 0.3) is 17.4 Å².